The summed E-state index contributed by atoms with van der Waals surface area (Å²) in [5.74, 6) is 0.296. The Morgan fingerprint density at radius 1 is 1.22 bits per heavy atom. The molecule has 1 aliphatic rings. The Balaban J connectivity index is 1.63. The lowest BCUT2D eigenvalue weighted by molar-refractivity contribution is -0.119. The number of benzene rings is 2. The smallest absolute Gasteiger partial charge is 0.262 e. The molecule has 5 nitrogen and oxygen atoms in total. The van der Waals surface area contributed by atoms with Crippen LogP contribution in [0.5, 0.6) is 0 Å². The Morgan fingerprint density at radius 2 is 1.93 bits per heavy atom. The van der Waals surface area contributed by atoms with E-state index in [1.54, 1.807) is 4.57 Å². The molecule has 6 heteroatoms. The number of amides is 1. The van der Waals surface area contributed by atoms with E-state index in [4.69, 9.17) is 4.98 Å². The van der Waals surface area contributed by atoms with Crippen LogP contribution in [0.3, 0.4) is 0 Å². The molecule has 0 atom stereocenters. The highest BCUT2D eigenvalue weighted by molar-refractivity contribution is 7.99. The number of aromatic nitrogens is 2. The maximum absolute atomic E-state index is 13.0. The number of thioether (sulfide) groups is 1. The number of nitrogens with one attached hydrogen (secondary N) is 1. The van der Waals surface area contributed by atoms with Gasteiger partial charge in [-0.15, -0.1) is 0 Å². The lowest BCUT2D eigenvalue weighted by Gasteiger charge is -2.14. The van der Waals surface area contributed by atoms with Crippen LogP contribution in [-0.4, -0.2) is 27.3 Å². The minimum atomic E-state index is -0.0491. The molecule has 0 bridgehead atoms. The van der Waals surface area contributed by atoms with Gasteiger partial charge in [-0.05, 0) is 42.7 Å². The van der Waals surface area contributed by atoms with Gasteiger partial charge >= 0.3 is 0 Å². The molecule has 2 aromatic carbocycles. The molecule has 1 saturated carbocycles. The van der Waals surface area contributed by atoms with Crippen molar-refractivity contribution in [3.63, 3.8) is 0 Å². The summed E-state index contributed by atoms with van der Waals surface area (Å²) in [5, 5.41) is 6.40. The van der Waals surface area contributed by atoms with Crippen LogP contribution in [0.15, 0.2) is 46.3 Å². The van der Waals surface area contributed by atoms with Crippen LogP contribution in [-0.2, 0) is 11.3 Å². The van der Waals surface area contributed by atoms with Crippen LogP contribution in [0.25, 0.3) is 21.7 Å². The Bertz CT molecular complexity index is 1050. The van der Waals surface area contributed by atoms with Gasteiger partial charge in [0.1, 0.15) is 0 Å². The molecule has 0 radical (unpaired) electrons. The first-order valence-corrected chi connectivity index (χ1v) is 10.5. The Labute approximate surface area is 162 Å². The molecule has 1 aromatic heterocycles. The minimum absolute atomic E-state index is 0.0161. The minimum Gasteiger partial charge on any atom is -0.353 e. The number of hydrogen-bond donors (Lipinski definition) is 1. The molecule has 27 heavy (non-hydrogen) atoms. The van der Waals surface area contributed by atoms with Gasteiger partial charge in [-0.2, -0.15) is 0 Å². The zero-order chi connectivity index (χ0) is 18.8. The fourth-order valence-corrected chi connectivity index (χ4v) is 4.62. The average molecular weight is 382 g/mol. The summed E-state index contributed by atoms with van der Waals surface area (Å²) in [7, 11) is 0. The van der Waals surface area contributed by atoms with Crippen molar-refractivity contribution in [2.45, 2.75) is 50.4 Å². The first kappa shape index (κ1) is 18.0. The third-order valence-electron chi connectivity index (χ3n) is 5.16. The number of carbonyl (C=O) groups excluding carboxylic acids is 1. The van der Waals surface area contributed by atoms with E-state index in [0.717, 1.165) is 23.6 Å². The van der Waals surface area contributed by atoms with E-state index in [0.29, 0.717) is 28.6 Å². The Kier molecular flexibility index (Phi) is 5.16. The fraction of sp³-hybridized carbons (Fsp3) is 0.381. The largest absolute Gasteiger partial charge is 0.353 e. The van der Waals surface area contributed by atoms with Gasteiger partial charge < -0.3 is 5.32 Å². The van der Waals surface area contributed by atoms with Gasteiger partial charge in [0.15, 0.2) is 5.16 Å². The van der Waals surface area contributed by atoms with Gasteiger partial charge in [0, 0.05) is 12.6 Å². The quantitative estimate of drug-likeness (QED) is 0.416. The van der Waals surface area contributed by atoms with Crippen molar-refractivity contribution >= 4 is 39.3 Å². The van der Waals surface area contributed by atoms with Gasteiger partial charge in [-0.1, -0.05) is 48.9 Å². The Hall–Kier alpha value is -2.34. The van der Waals surface area contributed by atoms with E-state index in [1.807, 2.05) is 43.3 Å². The molecule has 0 spiro atoms. The van der Waals surface area contributed by atoms with Crippen LogP contribution < -0.4 is 10.9 Å². The molecule has 1 amide bonds. The summed E-state index contributed by atoms with van der Waals surface area (Å²) < 4.78 is 1.66. The van der Waals surface area contributed by atoms with Crippen molar-refractivity contribution in [2.75, 3.05) is 5.75 Å². The molecular weight excluding hydrogens is 358 g/mol. The number of fused-ring (bicyclic) bond motifs is 2. The summed E-state index contributed by atoms with van der Waals surface area (Å²) in [6.45, 7) is 2.46. The van der Waals surface area contributed by atoms with Gasteiger partial charge in [-0.3, -0.25) is 14.2 Å². The van der Waals surface area contributed by atoms with Crippen molar-refractivity contribution < 1.29 is 4.79 Å². The number of hydrogen-bond acceptors (Lipinski definition) is 4. The first-order valence-electron chi connectivity index (χ1n) is 9.51. The van der Waals surface area contributed by atoms with E-state index in [2.05, 4.69) is 5.32 Å². The van der Waals surface area contributed by atoms with Crippen LogP contribution in [0.1, 0.15) is 32.6 Å². The molecule has 0 unspecified atom stereocenters. The van der Waals surface area contributed by atoms with E-state index >= 15 is 0 Å². The highest BCUT2D eigenvalue weighted by Gasteiger charge is 2.18. The van der Waals surface area contributed by atoms with Crippen LogP contribution in [0, 0.1) is 0 Å². The maximum Gasteiger partial charge on any atom is 0.262 e. The third-order valence-corrected chi connectivity index (χ3v) is 6.13. The number of nitrogens with zero attached hydrogens (tertiary/aromatic N) is 2. The highest BCUT2D eigenvalue weighted by Crippen LogP contribution is 2.23. The molecule has 4 rings (SSSR count). The van der Waals surface area contributed by atoms with Crippen LogP contribution >= 0.6 is 11.8 Å². The number of rotatable bonds is 5. The third kappa shape index (κ3) is 3.72. The van der Waals surface area contributed by atoms with Gasteiger partial charge in [-0.25, -0.2) is 4.98 Å². The monoisotopic (exact) mass is 381 g/mol. The fourth-order valence-electron chi connectivity index (χ4n) is 3.75. The lowest BCUT2D eigenvalue weighted by atomic mass is 10.1. The second-order valence-electron chi connectivity index (χ2n) is 7.00. The molecule has 140 valence electrons. The van der Waals surface area contributed by atoms with Gasteiger partial charge in [0.2, 0.25) is 5.91 Å². The molecule has 1 aliphatic carbocycles. The van der Waals surface area contributed by atoms with Gasteiger partial charge in [0.25, 0.3) is 5.56 Å². The van der Waals surface area contributed by atoms with Crippen molar-refractivity contribution in [1.29, 1.82) is 0 Å². The topological polar surface area (TPSA) is 64.0 Å². The standard InChI is InChI=1S/C21H23N3O2S/c1-2-24-20(26)17-11-14-7-3-4-8-15(14)12-18(17)23-21(24)27-13-19(25)22-16-9-5-6-10-16/h3-4,7-8,11-12,16H,2,5-6,9-10,13H2,1H3,(H,22,25). The van der Waals surface area contributed by atoms with Crippen molar-refractivity contribution in [3.05, 3.63) is 46.8 Å². The molecule has 0 saturated heterocycles. The molecule has 1 heterocycles. The predicted molar refractivity (Wildman–Crippen MR) is 110 cm³/mol. The summed E-state index contributed by atoms with van der Waals surface area (Å²) >= 11 is 1.34. The predicted octanol–water partition coefficient (Wildman–Crippen LogP) is 3.72. The van der Waals surface area contributed by atoms with Crippen LogP contribution in [0.4, 0.5) is 0 Å². The van der Waals surface area contributed by atoms with E-state index in [-0.39, 0.29) is 17.2 Å². The second kappa shape index (κ2) is 7.72. The van der Waals surface area contributed by atoms with Crippen molar-refractivity contribution in [3.8, 4) is 0 Å². The zero-order valence-corrected chi connectivity index (χ0v) is 16.2. The first-order chi connectivity index (χ1) is 13.2. The molecule has 3 aromatic rings. The SMILES string of the molecule is CCn1c(SCC(=O)NC2CCCC2)nc2cc3ccccc3cc2c1=O. The molecule has 1 fully saturated rings. The Morgan fingerprint density at radius 3 is 2.63 bits per heavy atom. The molecular formula is C21H23N3O2S. The van der Waals surface area contributed by atoms with Gasteiger partial charge in [0.05, 0.1) is 16.7 Å². The van der Waals surface area contributed by atoms with E-state index < -0.39 is 0 Å². The van der Waals surface area contributed by atoms with Crippen molar-refractivity contribution in [1.82, 2.24) is 14.9 Å². The maximum atomic E-state index is 13.0. The second-order valence-corrected chi connectivity index (χ2v) is 7.94. The lowest BCUT2D eigenvalue weighted by Crippen LogP contribution is -2.34. The summed E-state index contributed by atoms with van der Waals surface area (Å²) in [5.41, 5.74) is 0.633. The molecule has 0 aliphatic heterocycles. The van der Waals surface area contributed by atoms with Crippen LogP contribution in [0.2, 0.25) is 0 Å². The highest BCUT2D eigenvalue weighted by atomic mass is 32.2. The van der Waals surface area contributed by atoms with Crippen molar-refractivity contribution in [2.24, 2.45) is 0 Å². The summed E-state index contributed by atoms with van der Waals surface area (Å²) in [6.07, 6.45) is 4.51. The van der Waals surface area contributed by atoms with E-state index in [9.17, 15) is 9.59 Å². The van der Waals surface area contributed by atoms with E-state index in [1.165, 1.54) is 24.6 Å². The summed E-state index contributed by atoms with van der Waals surface area (Å²) in [6, 6.07) is 12.1. The molecule has 1 N–H and O–H groups in total. The summed E-state index contributed by atoms with van der Waals surface area (Å²) in [4.78, 5) is 29.9. The average Bonchev–Trinajstić information content (AvgIpc) is 3.18. The number of carbonyl (C=O) groups is 1. The normalized spacial score (nSPS) is 14.9. The zero-order valence-electron chi connectivity index (χ0n) is 15.4.